The lowest BCUT2D eigenvalue weighted by molar-refractivity contribution is -0.132. The van der Waals surface area contributed by atoms with Crippen LogP contribution in [0.2, 0.25) is 0 Å². The predicted octanol–water partition coefficient (Wildman–Crippen LogP) is 2.11. The van der Waals surface area contributed by atoms with Gasteiger partial charge in [0.05, 0.1) is 23.5 Å². The molecule has 1 aromatic carbocycles. The number of amides is 1. The Morgan fingerprint density at radius 3 is 2.76 bits per heavy atom. The molecule has 0 unspecified atom stereocenters. The van der Waals surface area contributed by atoms with Crippen molar-refractivity contribution in [1.82, 2.24) is 14.5 Å². The number of aromatic nitrogens is 2. The third kappa shape index (κ3) is 2.75. The summed E-state index contributed by atoms with van der Waals surface area (Å²) in [7, 11) is 0. The molecule has 21 heavy (non-hydrogen) atoms. The van der Waals surface area contributed by atoms with Gasteiger partial charge in [-0.3, -0.25) is 4.79 Å². The van der Waals surface area contributed by atoms with Crippen LogP contribution in [0.4, 0.5) is 0 Å². The normalized spacial score (nSPS) is 15.1. The number of nitrogens with zero attached hydrogens (tertiary/aromatic N) is 4. The number of fused-ring (bicyclic) bond motifs is 1. The molecule has 5 nitrogen and oxygen atoms in total. The van der Waals surface area contributed by atoms with E-state index in [-0.39, 0.29) is 18.9 Å². The summed E-state index contributed by atoms with van der Waals surface area (Å²) in [4.78, 5) is 18.9. The van der Waals surface area contributed by atoms with E-state index in [9.17, 15) is 4.79 Å². The molecule has 5 heteroatoms. The number of nitriles is 1. The highest BCUT2D eigenvalue weighted by Crippen LogP contribution is 2.17. The number of piperidine rings is 1. The van der Waals surface area contributed by atoms with Gasteiger partial charge in [-0.05, 0) is 31.4 Å². The molecule has 0 atom stereocenters. The molecule has 0 spiro atoms. The third-order valence-corrected chi connectivity index (χ3v) is 3.97. The quantitative estimate of drug-likeness (QED) is 0.866. The molecular weight excluding hydrogens is 264 g/mol. The van der Waals surface area contributed by atoms with Crippen LogP contribution in [0, 0.1) is 11.3 Å². The van der Waals surface area contributed by atoms with Crippen molar-refractivity contribution in [2.24, 2.45) is 0 Å². The van der Waals surface area contributed by atoms with E-state index in [1.807, 2.05) is 33.7 Å². The van der Waals surface area contributed by atoms with Crippen LogP contribution in [0.25, 0.3) is 11.0 Å². The van der Waals surface area contributed by atoms with Crippen molar-refractivity contribution >= 4 is 16.9 Å². The standard InChI is InChI=1S/C16H18N4O/c17-9-8-15-18-13-6-2-3-7-14(13)20(15)12-16(21)19-10-4-1-5-11-19/h2-3,6-7H,1,4-5,8,10-12H2. The second kappa shape index (κ2) is 5.96. The molecule has 0 saturated carbocycles. The van der Waals surface area contributed by atoms with Gasteiger partial charge in [-0.15, -0.1) is 0 Å². The maximum Gasteiger partial charge on any atom is 0.242 e. The molecule has 0 bridgehead atoms. The Balaban J connectivity index is 1.89. The van der Waals surface area contributed by atoms with Gasteiger partial charge in [0.2, 0.25) is 5.91 Å². The number of rotatable bonds is 3. The number of benzene rings is 1. The van der Waals surface area contributed by atoms with E-state index in [1.54, 1.807) is 0 Å². The summed E-state index contributed by atoms with van der Waals surface area (Å²) in [5.41, 5.74) is 1.77. The fourth-order valence-corrected chi connectivity index (χ4v) is 2.89. The minimum atomic E-state index is 0.122. The highest BCUT2D eigenvalue weighted by Gasteiger charge is 2.19. The van der Waals surface area contributed by atoms with Crippen molar-refractivity contribution in [3.8, 4) is 6.07 Å². The van der Waals surface area contributed by atoms with Crippen LogP contribution in [-0.2, 0) is 17.8 Å². The summed E-state index contributed by atoms with van der Waals surface area (Å²) in [6.07, 6.45) is 3.60. The van der Waals surface area contributed by atoms with E-state index < -0.39 is 0 Å². The van der Waals surface area contributed by atoms with Gasteiger partial charge in [0.15, 0.2) is 0 Å². The Morgan fingerprint density at radius 2 is 2.00 bits per heavy atom. The first kappa shape index (κ1) is 13.6. The van der Waals surface area contributed by atoms with Gasteiger partial charge in [0.1, 0.15) is 12.4 Å². The van der Waals surface area contributed by atoms with Crippen molar-refractivity contribution in [3.05, 3.63) is 30.1 Å². The Labute approximate surface area is 123 Å². The monoisotopic (exact) mass is 282 g/mol. The topological polar surface area (TPSA) is 61.9 Å². The Kier molecular flexibility index (Phi) is 3.87. The zero-order valence-corrected chi connectivity index (χ0v) is 12.0. The van der Waals surface area contributed by atoms with Crippen LogP contribution in [0.5, 0.6) is 0 Å². The molecule has 1 saturated heterocycles. The summed E-state index contributed by atoms with van der Waals surface area (Å²) in [5, 5.41) is 8.95. The van der Waals surface area contributed by atoms with Crippen LogP contribution in [-0.4, -0.2) is 33.4 Å². The Morgan fingerprint density at radius 1 is 1.24 bits per heavy atom. The molecule has 0 aliphatic carbocycles. The molecule has 1 fully saturated rings. The van der Waals surface area contributed by atoms with E-state index in [0.29, 0.717) is 5.82 Å². The summed E-state index contributed by atoms with van der Waals surface area (Å²) in [6.45, 7) is 1.97. The van der Waals surface area contributed by atoms with E-state index in [0.717, 1.165) is 37.0 Å². The van der Waals surface area contributed by atoms with Gasteiger partial charge in [-0.1, -0.05) is 12.1 Å². The van der Waals surface area contributed by atoms with Gasteiger partial charge in [-0.2, -0.15) is 5.26 Å². The summed E-state index contributed by atoms with van der Waals surface area (Å²) < 4.78 is 1.88. The summed E-state index contributed by atoms with van der Waals surface area (Å²) >= 11 is 0. The smallest absolute Gasteiger partial charge is 0.242 e. The lowest BCUT2D eigenvalue weighted by Gasteiger charge is -2.27. The number of carbonyl (C=O) groups is 1. The fourth-order valence-electron chi connectivity index (χ4n) is 2.89. The van der Waals surface area contributed by atoms with Gasteiger partial charge < -0.3 is 9.47 Å². The molecule has 0 radical (unpaired) electrons. The van der Waals surface area contributed by atoms with Crippen LogP contribution in [0.1, 0.15) is 25.1 Å². The molecule has 2 aromatic rings. The molecule has 1 aliphatic rings. The molecular formula is C16H18N4O. The average Bonchev–Trinajstić information content (AvgIpc) is 2.86. The SMILES string of the molecule is N#CCc1nc2ccccc2n1CC(=O)N1CCCCC1. The maximum absolute atomic E-state index is 12.5. The highest BCUT2D eigenvalue weighted by atomic mass is 16.2. The second-order valence-electron chi connectivity index (χ2n) is 5.38. The van der Waals surface area contributed by atoms with E-state index >= 15 is 0 Å². The lowest BCUT2D eigenvalue weighted by Crippen LogP contribution is -2.38. The minimum Gasteiger partial charge on any atom is -0.341 e. The largest absolute Gasteiger partial charge is 0.341 e. The first-order valence-corrected chi connectivity index (χ1v) is 7.38. The molecule has 2 heterocycles. The van der Waals surface area contributed by atoms with Crippen molar-refractivity contribution in [3.63, 3.8) is 0 Å². The van der Waals surface area contributed by atoms with Gasteiger partial charge in [-0.25, -0.2) is 4.98 Å². The van der Waals surface area contributed by atoms with Crippen LogP contribution >= 0.6 is 0 Å². The highest BCUT2D eigenvalue weighted by molar-refractivity contribution is 5.81. The number of hydrogen-bond acceptors (Lipinski definition) is 3. The van der Waals surface area contributed by atoms with Crippen LogP contribution in [0.3, 0.4) is 0 Å². The molecule has 1 aromatic heterocycles. The molecule has 0 N–H and O–H groups in total. The van der Waals surface area contributed by atoms with E-state index in [4.69, 9.17) is 5.26 Å². The fraction of sp³-hybridized carbons (Fsp3) is 0.438. The number of hydrogen-bond donors (Lipinski definition) is 0. The van der Waals surface area contributed by atoms with Gasteiger partial charge >= 0.3 is 0 Å². The Hall–Kier alpha value is -2.35. The molecule has 108 valence electrons. The zero-order valence-electron chi connectivity index (χ0n) is 12.0. The first-order valence-electron chi connectivity index (χ1n) is 7.38. The molecule has 1 aliphatic heterocycles. The lowest BCUT2D eigenvalue weighted by atomic mass is 10.1. The molecule has 3 rings (SSSR count). The zero-order chi connectivity index (χ0) is 14.7. The minimum absolute atomic E-state index is 0.122. The van der Waals surface area contributed by atoms with Gasteiger partial charge in [0.25, 0.3) is 0 Å². The summed E-state index contributed by atoms with van der Waals surface area (Å²) in [6, 6.07) is 9.85. The summed E-state index contributed by atoms with van der Waals surface area (Å²) in [5.74, 6) is 0.793. The van der Waals surface area contributed by atoms with Crippen LogP contribution in [0.15, 0.2) is 24.3 Å². The average molecular weight is 282 g/mol. The van der Waals surface area contributed by atoms with Crippen molar-refractivity contribution < 1.29 is 4.79 Å². The Bertz CT molecular complexity index is 692. The van der Waals surface area contributed by atoms with E-state index in [1.165, 1.54) is 6.42 Å². The number of imidazole rings is 1. The maximum atomic E-state index is 12.5. The van der Waals surface area contributed by atoms with E-state index in [2.05, 4.69) is 11.1 Å². The number of likely N-dealkylation sites (tertiary alicyclic amines) is 1. The first-order chi connectivity index (χ1) is 10.3. The molecule has 1 amide bonds. The van der Waals surface area contributed by atoms with Crippen molar-refractivity contribution in [2.75, 3.05) is 13.1 Å². The van der Waals surface area contributed by atoms with Crippen LogP contribution < -0.4 is 0 Å². The van der Waals surface area contributed by atoms with Crippen molar-refractivity contribution in [1.29, 1.82) is 5.26 Å². The van der Waals surface area contributed by atoms with Crippen molar-refractivity contribution in [2.45, 2.75) is 32.2 Å². The number of para-hydroxylation sites is 2. The second-order valence-corrected chi connectivity index (χ2v) is 5.38. The third-order valence-electron chi connectivity index (χ3n) is 3.97. The number of carbonyl (C=O) groups excluding carboxylic acids is 1. The predicted molar refractivity (Wildman–Crippen MR) is 79.5 cm³/mol. The van der Waals surface area contributed by atoms with Gasteiger partial charge in [0, 0.05) is 13.1 Å².